The zero-order valence-corrected chi connectivity index (χ0v) is 17.1. The zero-order valence-electron chi connectivity index (χ0n) is 16.3. The van der Waals surface area contributed by atoms with Crippen LogP contribution in [0.5, 0.6) is 0 Å². The summed E-state index contributed by atoms with van der Waals surface area (Å²) in [5, 5.41) is 31.7. The van der Waals surface area contributed by atoms with Gasteiger partial charge in [0, 0.05) is 29.6 Å². The second-order valence-electron chi connectivity index (χ2n) is 6.89. The van der Waals surface area contributed by atoms with Crippen LogP contribution in [-0.2, 0) is 6.54 Å². The van der Waals surface area contributed by atoms with Crippen molar-refractivity contribution in [2.45, 2.75) is 39.0 Å². The number of aliphatic hydroxyl groups is 2. The van der Waals surface area contributed by atoms with Crippen molar-refractivity contribution < 1.29 is 10.2 Å². The summed E-state index contributed by atoms with van der Waals surface area (Å²) in [5.41, 5.74) is 4.14. The third-order valence-corrected chi connectivity index (χ3v) is 4.84. The maximum Gasteiger partial charge on any atom is 0.0999 e. The topological polar surface area (TPSA) is 106 Å². The maximum atomic E-state index is 9.62. The Morgan fingerprint density at radius 1 is 1.07 bits per heavy atom. The van der Waals surface area contributed by atoms with Gasteiger partial charge < -0.3 is 10.2 Å². The molecular weight excluding hydrogens is 394 g/mol. The lowest BCUT2D eigenvalue weighted by Gasteiger charge is -2.08. The van der Waals surface area contributed by atoms with Gasteiger partial charge in [0.1, 0.15) is 0 Å². The van der Waals surface area contributed by atoms with E-state index in [1.165, 1.54) is 0 Å². The summed E-state index contributed by atoms with van der Waals surface area (Å²) in [6.07, 6.45) is 11.1. The summed E-state index contributed by atoms with van der Waals surface area (Å²) in [6.45, 7) is 4.17. The van der Waals surface area contributed by atoms with E-state index in [0.717, 1.165) is 28.8 Å². The third-order valence-electron chi connectivity index (χ3n) is 4.84. The Bertz CT molecular complexity index is 1090. The molecule has 0 saturated heterocycles. The van der Waals surface area contributed by atoms with E-state index in [0.29, 0.717) is 11.7 Å². The van der Waals surface area contributed by atoms with Gasteiger partial charge in [0.05, 0.1) is 60.9 Å². The SMILES string of the molecule is CC[C@H](C)n1cc(-c2nc(-c3cnn(C[C@H](O)CO)c3)cn3nccc23)cn1.Cl. The molecule has 0 aliphatic rings. The second-order valence-corrected chi connectivity index (χ2v) is 6.89. The molecule has 0 saturated carbocycles. The van der Waals surface area contributed by atoms with Crippen molar-refractivity contribution in [2.24, 2.45) is 0 Å². The normalized spacial score (nSPS) is 13.4. The molecule has 2 N–H and O–H groups in total. The van der Waals surface area contributed by atoms with Gasteiger partial charge >= 0.3 is 0 Å². The Kier molecular flexibility index (Phi) is 6.31. The van der Waals surface area contributed by atoms with Crippen LogP contribution in [0.25, 0.3) is 28.0 Å². The molecule has 4 rings (SSSR count). The minimum atomic E-state index is -0.851. The molecule has 0 radical (unpaired) electrons. The van der Waals surface area contributed by atoms with Crippen LogP contribution in [0, 0.1) is 0 Å². The van der Waals surface area contributed by atoms with E-state index in [1.807, 2.05) is 29.3 Å². The summed E-state index contributed by atoms with van der Waals surface area (Å²) < 4.78 is 5.33. The van der Waals surface area contributed by atoms with Gasteiger partial charge in [-0.25, -0.2) is 9.50 Å². The van der Waals surface area contributed by atoms with E-state index in [-0.39, 0.29) is 25.6 Å². The van der Waals surface area contributed by atoms with Crippen molar-refractivity contribution in [3.05, 3.63) is 43.2 Å². The Labute approximate surface area is 174 Å². The van der Waals surface area contributed by atoms with E-state index in [1.54, 1.807) is 27.8 Å². The summed E-state index contributed by atoms with van der Waals surface area (Å²) in [7, 11) is 0. The van der Waals surface area contributed by atoms with E-state index in [4.69, 9.17) is 10.1 Å². The first-order valence-electron chi connectivity index (χ1n) is 9.29. The van der Waals surface area contributed by atoms with Crippen molar-refractivity contribution in [1.29, 1.82) is 0 Å². The lowest BCUT2D eigenvalue weighted by Crippen LogP contribution is -2.19. The minimum absolute atomic E-state index is 0. The fourth-order valence-corrected chi connectivity index (χ4v) is 3.04. The molecule has 4 heterocycles. The van der Waals surface area contributed by atoms with Crippen molar-refractivity contribution in [1.82, 2.24) is 34.2 Å². The first-order valence-corrected chi connectivity index (χ1v) is 9.29. The fraction of sp³-hybridized carbons (Fsp3) is 0.368. The van der Waals surface area contributed by atoms with E-state index in [9.17, 15) is 5.11 Å². The fourth-order valence-electron chi connectivity index (χ4n) is 3.04. The predicted octanol–water partition coefficient (Wildman–Crippen LogP) is 2.20. The molecule has 0 fully saturated rings. The number of fused-ring (bicyclic) bond motifs is 1. The Morgan fingerprint density at radius 2 is 1.86 bits per heavy atom. The van der Waals surface area contributed by atoms with Crippen LogP contribution < -0.4 is 0 Å². The molecule has 10 heteroatoms. The van der Waals surface area contributed by atoms with Crippen LogP contribution in [0.1, 0.15) is 26.3 Å². The molecule has 2 atom stereocenters. The predicted molar refractivity (Wildman–Crippen MR) is 111 cm³/mol. The molecule has 4 aromatic heterocycles. The number of hydrogen-bond acceptors (Lipinski definition) is 6. The highest BCUT2D eigenvalue weighted by Gasteiger charge is 2.15. The third kappa shape index (κ3) is 4.16. The van der Waals surface area contributed by atoms with E-state index in [2.05, 4.69) is 29.1 Å². The van der Waals surface area contributed by atoms with Gasteiger partial charge in [-0.2, -0.15) is 15.3 Å². The Balaban J connectivity index is 0.00000240. The molecule has 154 valence electrons. The number of hydrogen-bond donors (Lipinski definition) is 2. The van der Waals surface area contributed by atoms with Gasteiger partial charge in [-0.1, -0.05) is 6.92 Å². The van der Waals surface area contributed by atoms with Gasteiger partial charge in [-0.3, -0.25) is 9.36 Å². The summed E-state index contributed by atoms with van der Waals surface area (Å²) in [5.74, 6) is 0. The molecular formula is C19H24ClN7O2. The monoisotopic (exact) mass is 417 g/mol. The maximum absolute atomic E-state index is 9.62. The summed E-state index contributed by atoms with van der Waals surface area (Å²) in [6, 6.07) is 2.24. The number of aromatic nitrogens is 7. The van der Waals surface area contributed by atoms with Gasteiger partial charge in [0.2, 0.25) is 0 Å². The molecule has 29 heavy (non-hydrogen) atoms. The van der Waals surface area contributed by atoms with Crippen LogP contribution in [-0.4, -0.2) is 57.1 Å². The molecule has 4 aromatic rings. The van der Waals surface area contributed by atoms with E-state index >= 15 is 0 Å². The number of nitrogens with zero attached hydrogens (tertiary/aromatic N) is 7. The van der Waals surface area contributed by atoms with Crippen LogP contribution in [0.15, 0.2) is 43.2 Å². The van der Waals surface area contributed by atoms with Crippen molar-refractivity contribution in [3.63, 3.8) is 0 Å². The van der Waals surface area contributed by atoms with Gasteiger partial charge in [-0.05, 0) is 19.4 Å². The summed E-state index contributed by atoms with van der Waals surface area (Å²) >= 11 is 0. The molecule has 0 aromatic carbocycles. The first kappa shape index (κ1) is 21.0. The van der Waals surface area contributed by atoms with Gasteiger partial charge in [-0.15, -0.1) is 12.4 Å². The first-order chi connectivity index (χ1) is 13.6. The van der Waals surface area contributed by atoms with Crippen molar-refractivity contribution >= 4 is 17.9 Å². The van der Waals surface area contributed by atoms with E-state index < -0.39 is 6.10 Å². The van der Waals surface area contributed by atoms with Crippen LogP contribution in [0.4, 0.5) is 0 Å². The molecule has 0 spiro atoms. The largest absolute Gasteiger partial charge is 0.394 e. The van der Waals surface area contributed by atoms with Gasteiger partial charge in [0.15, 0.2) is 0 Å². The average molecular weight is 418 g/mol. The van der Waals surface area contributed by atoms with Crippen LogP contribution in [0.2, 0.25) is 0 Å². The quantitative estimate of drug-likeness (QED) is 0.477. The number of halogens is 1. The highest BCUT2D eigenvalue weighted by atomic mass is 35.5. The molecule has 0 bridgehead atoms. The van der Waals surface area contributed by atoms with Crippen molar-refractivity contribution in [2.75, 3.05) is 6.61 Å². The number of aliphatic hydroxyl groups excluding tert-OH is 2. The number of rotatable bonds is 7. The Morgan fingerprint density at radius 3 is 2.62 bits per heavy atom. The zero-order chi connectivity index (χ0) is 19.7. The summed E-state index contributed by atoms with van der Waals surface area (Å²) in [4.78, 5) is 4.85. The van der Waals surface area contributed by atoms with Crippen LogP contribution >= 0.6 is 12.4 Å². The molecule has 9 nitrogen and oxygen atoms in total. The average Bonchev–Trinajstić information content (AvgIpc) is 3.46. The highest BCUT2D eigenvalue weighted by Crippen LogP contribution is 2.27. The minimum Gasteiger partial charge on any atom is -0.394 e. The molecule has 0 aliphatic carbocycles. The second kappa shape index (κ2) is 8.73. The van der Waals surface area contributed by atoms with Gasteiger partial charge in [0.25, 0.3) is 0 Å². The standard InChI is InChI=1S/C19H23N7O2.ClH/c1-3-13(2)25-9-15(7-22-25)19-18-4-5-20-26(18)11-17(23-19)14-6-21-24(8-14)10-16(28)12-27;/h4-9,11,13,16,27-28H,3,10,12H2,1-2H3;1H/t13-,16-;/m0./s1. The smallest absolute Gasteiger partial charge is 0.0999 e. The van der Waals surface area contributed by atoms with Crippen molar-refractivity contribution in [3.8, 4) is 22.5 Å². The Hall–Kier alpha value is -2.75. The lowest BCUT2D eigenvalue weighted by molar-refractivity contribution is 0.0783. The molecule has 0 unspecified atom stereocenters. The lowest BCUT2D eigenvalue weighted by atomic mass is 10.2. The molecule has 0 aliphatic heterocycles. The highest BCUT2D eigenvalue weighted by molar-refractivity contribution is 5.85. The molecule has 0 amide bonds. The van der Waals surface area contributed by atoms with Crippen LogP contribution in [0.3, 0.4) is 0 Å².